The van der Waals surface area contributed by atoms with E-state index < -0.39 is 29.9 Å². The number of β-lactam (4-membered cyclic amide) rings is 1. The van der Waals surface area contributed by atoms with Gasteiger partial charge in [0.25, 0.3) is 0 Å². The molecule has 2 N–H and O–H groups in total. The summed E-state index contributed by atoms with van der Waals surface area (Å²) in [5.41, 5.74) is 2.98. The molecule has 7 nitrogen and oxygen atoms in total. The standard InChI is InChI=1S/C26H21NO6/c1-13-15(23(26(31)32)27-22(13)20(14(2)28)25(27)30)10-6-12-33-19-11-5-9-18-21(19)16-7-3-4-8-17(16)24(18)29/h3-5,7-9,11,13-14,20,22,28H,12H2,1-2H3,(H,31,32)/t13-,14+,20+,22+/m0/s1. The molecular formula is C26H21NO6. The molecule has 2 aromatic carbocycles. The number of ether oxygens (including phenoxy) is 1. The minimum Gasteiger partial charge on any atom is -0.480 e. The molecule has 1 amide bonds. The van der Waals surface area contributed by atoms with Gasteiger partial charge in [-0.1, -0.05) is 55.2 Å². The third kappa shape index (κ3) is 2.99. The van der Waals surface area contributed by atoms with Gasteiger partial charge in [-0.05, 0) is 18.6 Å². The van der Waals surface area contributed by atoms with Gasteiger partial charge in [-0.25, -0.2) is 4.79 Å². The Kier molecular flexibility index (Phi) is 4.84. The molecule has 7 heteroatoms. The van der Waals surface area contributed by atoms with Gasteiger partial charge >= 0.3 is 5.97 Å². The lowest BCUT2D eigenvalue weighted by molar-refractivity contribution is -0.163. The molecule has 166 valence electrons. The van der Waals surface area contributed by atoms with Crippen LogP contribution in [-0.4, -0.2) is 51.5 Å². The molecule has 2 heterocycles. The van der Waals surface area contributed by atoms with Crippen LogP contribution in [0.15, 0.2) is 53.7 Å². The molecule has 1 aliphatic carbocycles. The van der Waals surface area contributed by atoms with E-state index >= 15 is 0 Å². The van der Waals surface area contributed by atoms with Crippen LogP contribution in [0.2, 0.25) is 0 Å². The van der Waals surface area contributed by atoms with E-state index in [4.69, 9.17) is 4.74 Å². The van der Waals surface area contributed by atoms with E-state index in [9.17, 15) is 24.6 Å². The highest BCUT2D eigenvalue weighted by molar-refractivity contribution is 6.22. The highest BCUT2D eigenvalue weighted by atomic mass is 16.5. The molecule has 0 radical (unpaired) electrons. The van der Waals surface area contributed by atoms with E-state index in [2.05, 4.69) is 11.8 Å². The largest absolute Gasteiger partial charge is 0.480 e. The van der Waals surface area contributed by atoms with Gasteiger partial charge in [0.2, 0.25) is 5.91 Å². The first-order valence-electron chi connectivity index (χ1n) is 10.7. The number of carboxylic acid groups (broad SMARTS) is 1. The van der Waals surface area contributed by atoms with Crippen LogP contribution in [0, 0.1) is 23.7 Å². The monoisotopic (exact) mass is 443 g/mol. The quantitative estimate of drug-likeness (QED) is 0.474. The first-order valence-corrected chi connectivity index (χ1v) is 10.7. The maximum Gasteiger partial charge on any atom is 0.353 e. The van der Waals surface area contributed by atoms with Gasteiger partial charge in [0.15, 0.2) is 5.78 Å². The number of aliphatic hydroxyl groups is 1. The molecule has 0 aromatic heterocycles. The number of hydrogen-bond acceptors (Lipinski definition) is 5. The fourth-order valence-electron chi connectivity index (χ4n) is 5.13. The summed E-state index contributed by atoms with van der Waals surface area (Å²) < 4.78 is 5.88. The summed E-state index contributed by atoms with van der Waals surface area (Å²) in [6.07, 6.45) is -0.863. The number of carboxylic acids is 1. The second-order valence-electron chi connectivity index (χ2n) is 8.47. The van der Waals surface area contributed by atoms with Gasteiger partial charge in [0, 0.05) is 28.2 Å². The van der Waals surface area contributed by atoms with Crippen LogP contribution in [0.1, 0.15) is 29.8 Å². The van der Waals surface area contributed by atoms with Crippen molar-refractivity contribution < 1.29 is 29.3 Å². The number of amides is 1. The minimum atomic E-state index is -1.22. The topological polar surface area (TPSA) is 104 Å². The Morgan fingerprint density at radius 1 is 1.12 bits per heavy atom. The number of hydrogen-bond donors (Lipinski definition) is 2. The van der Waals surface area contributed by atoms with Crippen molar-refractivity contribution in [2.24, 2.45) is 11.8 Å². The van der Waals surface area contributed by atoms with Crippen molar-refractivity contribution in [3.8, 4) is 28.7 Å². The predicted molar refractivity (Wildman–Crippen MR) is 118 cm³/mol. The van der Waals surface area contributed by atoms with E-state index in [0.29, 0.717) is 22.4 Å². The zero-order chi connectivity index (χ0) is 23.4. The van der Waals surface area contributed by atoms with Crippen molar-refractivity contribution in [3.05, 3.63) is 64.9 Å². The number of aliphatic hydroxyl groups excluding tert-OH is 1. The number of carbonyl (C=O) groups is 3. The molecule has 2 aliphatic heterocycles. The van der Waals surface area contributed by atoms with Crippen molar-refractivity contribution in [2.45, 2.75) is 26.0 Å². The average molecular weight is 443 g/mol. The summed E-state index contributed by atoms with van der Waals surface area (Å²) >= 11 is 0. The number of ketones is 1. The number of rotatable bonds is 4. The summed E-state index contributed by atoms with van der Waals surface area (Å²) in [5.74, 6) is 3.68. The molecule has 0 saturated carbocycles. The number of benzene rings is 2. The Labute approximate surface area is 190 Å². The Bertz CT molecular complexity index is 1310. The van der Waals surface area contributed by atoms with E-state index in [1.807, 2.05) is 25.1 Å². The van der Waals surface area contributed by atoms with Crippen LogP contribution in [0.4, 0.5) is 0 Å². The molecule has 1 saturated heterocycles. The van der Waals surface area contributed by atoms with Crippen molar-refractivity contribution in [1.82, 2.24) is 4.90 Å². The summed E-state index contributed by atoms with van der Waals surface area (Å²) in [5, 5.41) is 19.6. The Morgan fingerprint density at radius 3 is 2.52 bits per heavy atom. The highest BCUT2D eigenvalue weighted by Crippen LogP contribution is 2.47. The van der Waals surface area contributed by atoms with E-state index in [0.717, 1.165) is 11.1 Å². The fraction of sp³-hybridized carbons (Fsp3) is 0.269. The highest BCUT2D eigenvalue weighted by Gasteiger charge is 2.59. The van der Waals surface area contributed by atoms with E-state index in [1.165, 1.54) is 11.8 Å². The van der Waals surface area contributed by atoms with Gasteiger partial charge in [0.1, 0.15) is 18.1 Å². The van der Waals surface area contributed by atoms with Gasteiger partial charge < -0.3 is 19.8 Å². The van der Waals surface area contributed by atoms with Gasteiger partial charge in [-0.15, -0.1) is 0 Å². The normalized spacial score (nSPS) is 23.2. The fourth-order valence-corrected chi connectivity index (χ4v) is 5.13. The summed E-state index contributed by atoms with van der Waals surface area (Å²) in [6.45, 7) is 3.33. The summed E-state index contributed by atoms with van der Waals surface area (Å²) in [7, 11) is 0. The zero-order valence-corrected chi connectivity index (χ0v) is 18.0. The molecular weight excluding hydrogens is 422 g/mol. The Hall–Kier alpha value is -3.89. The lowest BCUT2D eigenvalue weighted by Crippen LogP contribution is -2.63. The van der Waals surface area contributed by atoms with Gasteiger partial charge in [-0.2, -0.15) is 0 Å². The molecule has 4 atom stereocenters. The molecule has 0 spiro atoms. The second kappa shape index (κ2) is 7.61. The van der Waals surface area contributed by atoms with Gasteiger partial charge in [-0.3, -0.25) is 9.59 Å². The van der Waals surface area contributed by atoms with Crippen molar-refractivity contribution >= 4 is 17.7 Å². The Balaban J connectivity index is 1.40. The van der Waals surface area contributed by atoms with Crippen molar-refractivity contribution in [2.75, 3.05) is 6.61 Å². The van der Waals surface area contributed by atoms with Crippen LogP contribution in [0.3, 0.4) is 0 Å². The predicted octanol–water partition coefficient (Wildman–Crippen LogP) is 2.48. The summed E-state index contributed by atoms with van der Waals surface area (Å²) in [6, 6.07) is 12.2. The van der Waals surface area contributed by atoms with Crippen LogP contribution in [0.5, 0.6) is 5.75 Å². The smallest absolute Gasteiger partial charge is 0.353 e. The number of nitrogens with zero attached hydrogens (tertiary/aromatic N) is 1. The van der Waals surface area contributed by atoms with Crippen LogP contribution in [-0.2, 0) is 9.59 Å². The molecule has 0 bridgehead atoms. The number of aliphatic carboxylic acids is 1. The Morgan fingerprint density at radius 2 is 1.82 bits per heavy atom. The maximum atomic E-state index is 12.7. The average Bonchev–Trinajstić information content (AvgIpc) is 3.21. The van der Waals surface area contributed by atoms with Crippen molar-refractivity contribution in [3.63, 3.8) is 0 Å². The first kappa shape index (κ1) is 21.0. The number of fused-ring (bicyclic) bond motifs is 4. The zero-order valence-electron chi connectivity index (χ0n) is 18.0. The van der Waals surface area contributed by atoms with Crippen LogP contribution in [0.25, 0.3) is 11.1 Å². The lowest BCUT2D eigenvalue weighted by Gasteiger charge is -2.46. The van der Waals surface area contributed by atoms with Crippen LogP contribution >= 0.6 is 0 Å². The minimum absolute atomic E-state index is 0.0195. The third-order valence-electron chi connectivity index (χ3n) is 6.61. The second-order valence-corrected chi connectivity index (χ2v) is 8.47. The number of carbonyl (C=O) groups excluding carboxylic acids is 2. The molecule has 0 unspecified atom stereocenters. The SMILES string of the molecule is C[C@@H](O)[C@H]1C(=O)N2C(C(=O)O)=C(C#CCOc3cccc4c3-c3ccccc3C4=O)[C@H](C)[C@H]12. The molecule has 33 heavy (non-hydrogen) atoms. The van der Waals surface area contributed by atoms with Gasteiger partial charge in [0.05, 0.1) is 18.1 Å². The first-order chi connectivity index (χ1) is 15.8. The van der Waals surface area contributed by atoms with E-state index in [-0.39, 0.29) is 24.0 Å². The molecule has 3 aliphatic rings. The van der Waals surface area contributed by atoms with E-state index in [1.54, 1.807) is 24.3 Å². The van der Waals surface area contributed by atoms with Crippen molar-refractivity contribution in [1.29, 1.82) is 0 Å². The lowest BCUT2D eigenvalue weighted by atomic mass is 9.78. The summed E-state index contributed by atoms with van der Waals surface area (Å²) in [4.78, 5) is 38.2. The third-order valence-corrected chi connectivity index (χ3v) is 6.61. The molecule has 1 fully saturated rings. The maximum absolute atomic E-state index is 12.7. The van der Waals surface area contributed by atoms with Crippen LogP contribution < -0.4 is 4.74 Å². The molecule has 2 aromatic rings. The molecule has 5 rings (SSSR count).